The second-order valence-corrected chi connectivity index (χ2v) is 7.53. The molecule has 154 valence electrons. The van der Waals surface area contributed by atoms with Crippen LogP contribution in [0.5, 0.6) is 5.75 Å². The summed E-state index contributed by atoms with van der Waals surface area (Å²) in [6, 6.07) is 5.68. The van der Waals surface area contributed by atoms with Gasteiger partial charge < -0.3 is 10.5 Å². The highest BCUT2D eigenvalue weighted by Crippen LogP contribution is 2.41. The molecule has 0 aliphatic heterocycles. The smallest absolute Gasteiger partial charge is 0.403 e. The number of aryl methyl sites for hydroxylation is 3. The molecule has 0 saturated heterocycles. The number of hydrogen-bond acceptors (Lipinski definition) is 3. The fraction of sp³-hybridized carbons (Fsp3) is 0.476. The van der Waals surface area contributed by atoms with Crippen molar-refractivity contribution in [3.05, 3.63) is 58.7 Å². The molecule has 2 aromatic rings. The predicted molar refractivity (Wildman–Crippen MR) is 101 cm³/mol. The van der Waals surface area contributed by atoms with Crippen LogP contribution in [0.15, 0.2) is 30.3 Å². The Bertz CT molecular complexity index is 802. The van der Waals surface area contributed by atoms with Crippen LogP contribution >= 0.6 is 0 Å². The van der Waals surface area contributed by atoms with Gasteiger partial charge in [-0.3, -0.25) is 4.98 Å². The van der Waals surface area contributed by atoms with Crippen LogP contribution in [0.3, 0.4) is 0 Å². The van der Waals surface area contributed by atoms with E-state index in [-0.39, 0.29) is 6.42 Å². The Morgan fingerprint density at radius 3 is 2.39 bits per heavy atom. The SMILES string of the molecule is COc1ccc(F)cc1C(C)(CCc1cc(C)cc(C)n1)CC(N)C(F)(F)F. The van der Waals surface area contributed by atoms with Gasteiger partial charge in [0.25, 0.3) is 0 Å². The Kier molecular flexibility index (Phi) is 6.70. The topological polar surface area (TPSA) is 48.1 Å². The molecule has 7 heteroatoms. The van der Waals surface area contributed by atoms with E-state index < -0.39 is 23.5 Å². The zero-order valence-electron chi connectivity index (χ0n) is 16.5. The molecule has 2 atom stereocenters. The quantitative estimate of drug-likeness (QED) is 0.667. The van der Waals surface area contributed by atoms with Gasteiger partial charge in [0.05, 0.1) is 7.11 Å². The van der Waals surface area contributed by atoms with E-state index in [2.05, 4.69) is 4.98 Å². The second-order valence-electron chi connectivity index (χ2n) is 7.53. The standard InChI is InChI=1S/C21H26F4N2O/c1-13-9-14(2)27-16(10-13)7-8-20(3,12-19(26)21(23,24)25)17-11-15(22)5-6-18(17)28-4/h5-6,9-11,19H,7-8,12,26H2,1-4H3. The summed E-state index contributed by atoms with van der Waals surface area (Å²) >= 11 is 0. The number of nitrogens with zero attached hydrogens (tertiary/aromatic N) is 1. The summed E-state index contributed by atoms with van der Waals surface area (Å²) in [6.07, 6.45) is -4.18. The number of pyridine rings is 1. The van der Waals surface area contributed by atoms with Gasteiger partial charge in [-0.25, -0.2) is 4.39 Å². The molecule has 0 fully saturated rings. The zero-order valence-corrected chi connectivity index (χ0v) is 16.5. The van der Waals surface area contributed by atoms with Gasteiger partial charge in [-0.15, -0.1) is 0 Å². The predicted octanol–water partition coefficient (Wildman–Crippen LogP) is 5.02. The molecule has 1 aromatic carbocycles. The van der Waals surface area contributed by atoms with Crippen molar-refractivity contribution in [1.29, 1.82) is 0 Å². The average Bonchev–Trinajstić information content (AvgIpc) is 2.58. The van der Waals surface area contributed by atoms with Gasteiger partial charge in [0.15, 0.2) is 0 Å². The minimum atomic E-state index is -4.54. The lowest BCUT2D eigenvalue weighted by molar-refractivity contribution is -0.152. The average molecular weight is 398 g/mol. The molecule has 0 radical (unpaired) electrons. The number of alkyl halides is 3. The molecule has 2 N–H and O–H groups in total. The summed E-state index contributed by atoms with van der Waals surface area (Å²) in [5, 5.41) is 0. The Balaban J connectivity index is 2.42. The lowest BCUT2D eigenvalue weighted by Crippen LogP contribution is -2.43. The van der Waals surface area contributed by atoms with E-state index in [0.29, 0.717) is 24.2 Å². The van der Waals surface area contributed by atoms with E-state index in [0.717, 1.165) is 17.0 Å². The number of hydrogen-bond donors (Lipinski definition) is 1. The first-order chi connectivity index (χ1) is 12.9. The van der Waals surface area contributed by atoms with Gasteiger partial charge in [0.2, 0.25) is 0 Å². The van der Waals surface area contributed by atoms with Crippen molar-refractivity contribution < 1.29 is 22.3 Å². The van der Waals surface area contributed by atoms with Crippen molar-refractivity contribution in [2.24, 2.45) is 5.73 Å². The summed E-state index contributed by atoms with van der Waals surface area (Å²) in [5.74, 6) is -0.196. The van der Waals surface area contributed by atoms with Crippen molar-refractivity contribution in [2.75, 3.05) is 7.11 Å². The molecule has 1 aromatic heterocycles. The van der Waals surface area contributed by atoms with Crippen molar-refractivity contribution >= 4 is 0 Å². The number of rotatable bonds is 7. The molecule has 0 saturated carbocycles. The molecular weight excluding hydrogens is 372 g/mol. The van der Waals surface area contributed by atoms with Gasteiger partial charge in [-0.1, -0.05) is 6.92 Å². The third kappa shape index (κ3) is 5.44. The van der Waals surface area contributed by atoms with Gasteiger partial charge in [0.1, 0.15) is 17.6 Å². The number of benzene rings is 1. The fourth-order valence-corrected chi connectivity index (χ4v) is 3.56. The van der Waals surface area contributed by atoms with Crippen LogP contribution in [0, 0.1) is 19.7 Å². The molecule has 0 aliphatic rings. The summed E-state index contributed by atoms with van der Waals surface area (Å²) in [4.78, 5) is 4.46. The Labute approximate surface area is 162 Å². The third-order valence-corrected chi connectivity index (χ3v) is 4.99. The minimum absolute atomic E-state index is 0.312. The van der Waals surface area contributed by atoms with Crippen molar-refractivity contribution in [3.8, 4) is 5.75 Å². The van der Waals surface area contributed by atoms with E-state index in [4.69, 9.17) is 10.5 Å². The van der Waals surface area contributed by atoms with Crippen LogP contribution in [0.2, 0.25) is 0 Å². The van der Waals surface area contributed by atoms with E-state index in [1.54, 1.807) is 6.92 Å². The van der Waals surface area contributed by atoms with Gasteiger partial charge in [-0.2, -0.15) is 13.2 Å². The number of methoxy groups -OCH3 is 1. The molecule has 2 unspecified atom stereocenters. The minimum Gasteiger partial charge on any atom is -0.496 e. The Hall–Kier alpha value is -2.15. The van der Waals surface area contributed by atoms with Gasteiger partial charge in [0, 0.05) is 17.0 Å². The maximum atomic E-state index is 13.9. The summed E-state index contributed by atoms with van der Waals surface area (Å²) < 4.78 is 58.8. The first-order valence-corrected chi connectivity index (χ1v) is 9.05. The highest BCUT2D eigenvalue weighted by atomic mass is 19.4. The molecule has 28 heavy (non-hydrogen) atoms. The number of aromatic nitrogens is 1. The van der Waals surface area contributed by atoms with Crippen molar-refractivity contribution in [3.63, 3.8) is 0 Å². The van der Waals surface area contributed by atoms with Crippen LogP contribution in [0.1, 0.15) is 42.3 Å². The number of nitrogens with two attached hydrogens (primary N) is 1. The largest absolute Gasteiger partial charge is 0.496 e. The van der Waals surface area contributed by atoms with E-state index in [1.807, 2.05) is 26.0 Å². The lowest BCUT2D eigenvalue weighted by Gasteiger charge is -2.34. The highest BCUT2D eigenvalue weighted by Gasteiger charge is 2.43. The van der Waals surface area contributed by atoms with Crippen LogP contribution in [-0.4, -0.2) is 24.3 Å². The molecule has 0 aliphatic carbocycles. The zero-order chi connectivity index (χ0) is 21.1. The molecule has 0 amide bonds. The van der Waals surface area contributed by atoms with Gasteiger partial charge >= 0.3 is 6.18 Å². The summed E-state index contributed by atoms with van der Waals surface area (Å²) in [5.41, 5.74) is 7.41. The Morgan fingerprint density at radius 2 is 1.82 bits per heavy atom. The summed E-state index contributed by atoms with van der Waals surface area (Å²) in [6.45, 7) is 5.47. The molecule has 1 heterocycles. The molecule has 0 spiro atoms. The normalized spacial score (nSPS) is 15.2. The van der Waals surface area contributed by atoms with Crippen molar-refractivity contribution in [2.45, 2.75) is 57.7 Å². The second kappa shape index (κ2) is 8.47. The monoisotopic (exact) mass is 398 g/mol. The third-order valence-electron chi connectivity index (χ3n) is 4.99. The lowest BCUT2D eigenvalue weighted by atomic mass is 9.73. The van der Waals surface area contributed by atoms with Crippen LogP contribution in [-0.2, 0) is 11.8 Å². The van der Waals surface area contributed by atoms with E-state index in [1.165, 1.54) is 25.3 Å². The molecule has 3 nitrogen and oxygen atoms in total. The van der Waals surface area contributed by atoms with Crippen LogP contribution < -0.4 is 10.5 Å². The Morgan fingerprint density at radius 1 is 1.14 bits per heavy atom. The molecule has 0 bridgehead atoms. The maximum absolute atomic E-state index is 13.9. The van der Waals surface area contributed by atoms with Crippen molar-refractivity contribution in [1.82, 2.24) is 4.98 Å². The fourth-order valence-electron chi connectivity index (χ4n) is 3.56. The molecular formula is C21H26F4N2O. The maximum Gasteiger partial charge on any atom is 0.403 e. The molecule has 2 rings (SSSR count). The first kappa shape index (κ1) is 22.1. The van der Waals surface area contributed by atoms with Gasteiger partial charge in [-0.05, 0) is 74.4 Å². The van der Waals surface area contributed by atoms with Crippen LogP contribution in [0.25, 0.3) is 0 Å². The highest BCUT2D eigenvalue weighted by molar-refractivity contribution is 5.40. The number of halogens is 4. The van der Waals surface area contributed by atoms with E-state index in [9.17, 15) is 17.6 Å². The number of ether oxygens (including phenoxy) is 1. The van der Waals surface area contributed by atoms with Crippen LogP contribution in [0.4, 0.5) is 17.6 Å². The first-order valence-electron chi connectivity index (χ1n) is 9.05. The summed E-state index contributed by atoms with van der Waals surface area (Å²) in [7, 11) is 1.41. The van der Waals surface area contributed by atoms with E-state index >= 15 is 0 Å².